The number of aldehydes is 1. The molecule has 0 unspecified atom stereocenters. The number of aliphatic carboxylic acids is 1. The minimum absolute atomic E-state index is 0.165. The first-order valence-electron chi connectivity index (χ1n) is 1.83. The number of hydrogen-bond donors (Lipinski definition) is 1. The molecule has 0 bridgehead atoms. The summed E-state index contributed by atoms with van der Waals surface area (Å²) in [5.74, 6) is -1.41. The van der Waals surface area contributed by atoms with E-state index in [2.05, 4.69) is 0 Å². The largest absolute Gasteiger partial charge is 0.477 e. The topological polar surface area (TPSA) is 54.4 Å². The Morgan fingerprint density at radius 2 is 1.89 bits per heavy atom. The van der Waals surface area contributed by atoms with Gasteiger partial charge in [0.15, 0.2) is 6.29 Å². The molecule has 0 aromatic rings. The minimum Gasteiger partial charge on any atom is -0.477 e. The fourth-order valence-corrected chi connectivity index (χ4v) is 0.279. The third-order valence-corrected chi connectivity index (χ3v) is 1.24. The van der Waals surface area contributed by atoms with Gasteiger partial charge in [-0.25, -0.2) is 4.79 Å². The van der Waals surface area contributed by atoms with E-state index in [-0.39, 0.29) is 6.29 Å². The van der Waals surface area contributed by atoms with Gasteiger partial charge in [-0.05, 0) is 0 Å². The fraction of sp³-hybridized carbons (Fsp3) is 0. The summed E-state index contributed by atoms with van der Waals surface area (Å²) >= 11 is 9.99. The smallest absolute Gasteiger partial charge is 0.348 e. The Balaban J connectivity index is 4.47. The molecular formula is C4H2Cl2O3. The summed E-state index contributed by atoms with van der Waals surface area (Å²) < 4.78 is 0. The Morgan fingerprint density at radius 1 is 1.44 bits per heavy atom. The van der Waals surface area contributed by atoms with Gasteiger partial charge in [0.2, 0.25) is 0 Å². The third-order valence-electron chi connectivity index (χ3n) is 0.501. The summed E-state index contributed by atoms with van der Waals surface area (Å²) in [5, 5.41) is 6.89. The highest BCUT2D eigenvalue weighted by atomic mass is 35.5. The van der Waals surface area contributed by atoms with E-state index in [1.54, 1.807) is 0 Å². The van der Waals surface area contributed by atoms with Crippen LogP contribution in [0, 0.1) is 0 Å². The van der Waals surface area contributed by atoms with Crippen LogP contribution in [0.15, 0.2) is 10.1 Å². The average molecular weight is 169 g/mol. The molecule has 0 aliphatic rings. The van der Waals surface area contributed by atoms with Crippen molar-refractivity contribution in [1.82, 2.24) is 0 Å². The van der Waals surface area contributed by atoms with Gasteiger partial charge in [0, 0.05) is 0 Å². The number of carboxylic acid groups (broad SMARTS) is 1. The summed E-state index contributed by atoms with van der Waals surface area (Å²) in [6, 6.07) is 0. The van der Waals surface area contributed by atoms with Crippen molar-refractivity contribution in [1.29, 1.82) is 0 Å². The van der Waals surface area contributed by atoms with Gasteiger partial charge in [-0.15, -0.1) is 0 Å². The number of carbonyl (C=O) groups is 2. The molecule has 0 aromatic carbocycles. The summed E-state index contributed by atoms with van der Waals surface area (Å²) in [6.45, 7) is 0. The lowest BCUT2D eigenvalue weighted by Crippen LogP contribution is -1.96. The Morgan fingerprint density at radius 3 is 2.00 bits per heavy atom. The molecule has 3 nitrogen and oxygen atoms in total. The molecule has 0 saturated heterocycles. The van der Waals surface area contributed by atoms with E-state index in [1.807, 2.05) is 0 Å². The van der Waals surface area contributed by atoms with Gasteiger partial charge in [0.25, 0.3) is 0 Å². The Labute approximate surface area is 60.9 Å². The number of carboxylic acids is 1. The Bertz CT molecular complexity index is 173. The first-order valence-corrected chi connectivity index (χ1v) is 2.59. The van der Waals surface area contributed by atoms with Gasteiger partial charge < -0.3 is 5.11 Å². The maximum atomic E-state index is 9.87. The van der Waals surface area contributed by atoms with Gasteiger partial charge in [0.05, 0.1) is 0 Å². The zero-order chi connectivity index (χ0) is 7.44. The molecule has 0 amide bonds. The SMILES string of the molecule is O=C/C(Cl)=C(\Cl)C(=O)O. The van der Waals surface area contributed by atoms with E-state index in [4.69, 9.17) is 28.3 Å². The maximum Gasteiger partial charge on any atom is 0.348 e. The number of carbonyl (C=O) groups excluding carboxylic acids is 1. The van der Waals surface area contributed by atoms with Crippen LogP contribution in [0.3, 0.4) is 0 Å². The summed E-state index contributed by atoms with van der Waals surface area (Å²) in [5.41, 5.74) is 0. The highest BCUT2D eigenvalue weighted by molar-refractivity contribution is 6.51. The van der Waals surface area contributed by atoms with E-state index in [9.17, 15) is 9.59 Å². The zero-order valence-corrected chi connectivity index (χ0v) is 5.61. The number of allylic oxidation sites excluding steroid dienone is 1. The molecule has 9 heavy (non-hydrogen) atoms. The monoisotopic (exact) mass is 168 g/mol. The molecule has 0 heterocycles. The fourth-order valence-electron chi connectivity index (χ4n) is 0.154. The molecule has 0 atom stereocenters. The summed E-state index contributed by atoms with van der Waals surface area (Å²) in [6.07, 6.45) is 0.165. The van der Waals surface area contributed by atoms with E-state index in [1.165, 1.54) is 0 Å². The zero-order valence-electron chi connectivity index (χ0n) is 4.10. The molecule has 0 aliphatic carbocycles. The molecule has 0 saturated carbocycles. The number of rotatable bonds is 2. The van der Waals surface area contributed by atoms with Crippen molar-refractivity contribution < 1.29 is 14.7 Å². The molecule has 0 aliphatic heterocycles. The number of halogens is 2. The second-order valence-corrected chi connectivity index (χ2v) is 1.87. The van der Waals surface area contributed by atoms with Crippen molar-refractivity contribution in [3.05, 3.63) is 10.1 Å². The van der Waals surface area contributed by atoms with Crippen LogP contribution in [0.25, 0.3) is 0 Å². The van der Waals surface area contributed by atoms with Crippen LogP contribution in [0.1, 0.15) is 0 Å². The lowest BCUT2D eigenvalue weighted by atomic mass is 10.5. The maximum absolute atomic E-state index is 9.87. The molecule has 0 rings (SSSR count). The van der Waals surface area contributed by atoms with Gasteiger partial charge in [-0.3, -0.25) is 4.79 Å². The van der Waals surface area contributed by atoms with E-state index in [0.29, 0.717) is 0 Å². The predicted octanol–water partition coefficient (Wildman–Crippen LogP) is 0.959. The summed E-state index contributed by atoms with van der Waals surface area (Å²) in [7, 11) is 0. The Kier molecular flexibility index (Phi) is 3.27. The van der Waals surface area contributed by atoms with Gasteiger partial charge in [-0.1, -0.05) is 23.2 Å². The van der Waals surface area contributed by atoms with Gasteiger partial charge in [0.1, 0.15) is 10.1 Å². The molecule has 50 valence electrons. The predicted molar refractivity (Wildman–Crippen MR) is 32.4 cm³/mol. The second kappa shape index (κ2) is 3.48. The van der Waals surface area contributed by atoms with Crippen LogP contribution >= 0.6 is 23.2 Å². The summed E-state index contributed by atoms with van der Waals surface area (Å²) in [4.78, 5) is 19.6. The van der Waals surface area contributed by atoms with Crippen molar-refractivity contribution in [2.45, 2.75) is 0 Å². The lowest BCUT2D eigenvalue weighted by Gasteiger charge is -1.86. The van der Waals surface area contributed by atoms with Crippen molar-refractivity contribution in [3.63, 3.8) is 0 Å². The average Bonchev–Trinajstić information content (AvgIpc) is 1.84. The molecule has 0 fully saturated rings. The molecule has 0 spiro atoms. The molecule has 0 radical (unpaired) electrons. The lowest BCUT2D eigenvalue weighted by molar-refractivity contribution is -0.132. The molecular weight excluding hydrogens is 167 g/mol. The van der Waals surface area contributed by atoms with Crippen LogP contribution in [-0.2, 0) is 9.59 Å². The van der Waals surface area contributed by atoms with Crippen molar-refractivity contribution in [2.75, 3.05) is 0 Å². The van der Waals surface area contributed by atoms with Crippen LogP contribution in [-0.4, -0.2) is 17.4 Å². The van der Waals surface area contributed by atoms with Crippen LogP contribution in [0.4, 0.5) is 0 Å². The van der Waals surface area contributed by atoms with E-state index >= 15 is 0 Å². The Hall–Kier alpha value is -0.540. The third kappa shape index (κ3) is 2.49. The first kappa shape index (κ1) is 8.46. The quantitative estimate of drug-likeness (QED) is 0.494. The first-order chi connectivity index (χ1) is 4.09. The van der Waals surface area contributed by atoms with E-state index in [0.717, 1.165) is 0 Å². The number of hydrogen-bond acceptors (Lipinski definition) is 2. The highest BCUT2D eigenvalue weighted by Crippen LogP contribution is 2.10. The van der Waals surface area contributed by atoms with Crippen LogP contribution in [0.2, 0.25) is 0 Å². The van der Waals surface area contributed by atoms with E-state index < -0.39 is 16.0 Å². The molecule has 5 heteroatoms. The normalized spacial score (nSPS) is 12.2. The minimum atomic E-state index is -1.41. The van der Waals surface area contributed by atoms with Crippen molar-refractivity contribution >= 4 is 35.5 Å². The van der Waals surface area contributed by atoms with Crippen molar-refractivity contribution in [2.24, 2.45) is 0 Å². The standard InChI is InChI=1S/C4H2Cl2O3/c5-2(1-7)3(6)4(8)9/h1H,(H,8,9)/b3-2+. The van der Waals surface area contributed by atoms with Gasteiger partial charge in [-0.2, -0.15) is 0 Å². The van der Waals surface area contributed by atoms with Gasteiger partial charge >= 0.3 is 5.97 Å². The second-order valence-electron chi connectivity index (χ2n) is 1.08. The molecule has 0 aromatic heterocycles. The van der Waals surface area contributed by atoms with Crippen LogP contribution in [0.5, 0.6) is 0 Å². The van der Waals surface area contributed by atoms with Crippen molar-refractivity contribution in [3.8, 4) is 0 Å². The molecule has 1 N–H and O–H groups in total. The highest BCUT2D eigenvalue weighted by Gasteiger charge is 2.07. The van der Waals surface area contributed by atoms with Crippen LogP contribution < -0.4 is 0 Å².